The van der Waals surface area contributed by atoms with E-state index in [1.54, 1.807) is 0 Å². The predicted octanol–water partition coefficient (Wildman–Crippen LogP) is 3.52. The van der Waals surface area contributed by atoms with Crippen LogP contribution in [0, 0.1) is 48.4 Å². The van der Waals surface area contributed by atoms with E-state index in [9.17, 15) is 0 Å². The van der Waals surface area contributed by atoms with E-state index in [1.807, 2.05) is 0 Å². The maximum Gasteiger partial charge on any atom is 0.108 e. The van der Waals surface area contributed by atoms with Gasteiger partial charge in [-0.05, 0) is 29.4 Å². The van der Waals surface area contributed by atoms with Gasteiger partial charge in [0, 0.05) is 11.8 Å². The lowest BCUT2D eigenvalue weighted by Gasteiger charge is -2.44. The minimum Gasteiger partial charge on any atom is -0.361 e. The molecule has 0 N–H and O–H groups in total. The summed E-state index contributed by atoms with van der Waals surface area (Å²) in [7, 11) is 0. The van der Waals surface area contributed by atoms with Crippen LogP contribution in [0.3, 0.4) is 0 Å². The van der Waals surface area contributed by atoms with E-state index in [2.05, 4.69) is 48.3 Å². The molecule has 1 fully saturated rings. The number of hydrogen-bond acceptors (Lipinski definition) is 2. The minimum absolute atomic E-state index is 0.0536. The Hall–Kier alpha value is -2.00. The zero-order chi connectivity index (χ0) is 15.8. The molecular formula is C21H20O2. The fourth-order valence-electron chi connectivity index (χ4n) is 4.87. The summed E-state index contributed by atoms with van der Waals surface area (Å²) in [5, 5.41) is 0. The van der Waals surface area contributed by atoms with Gasteiger partial charge in [-0.3, -0.25) is 0 Å². The molecule has 0 spiro atoms. The first-order valence-electron chi connectivity index (χ1n) is 8.22. The Balaban J connectivity index is 1.78. The van der Waals surface area contributed by atoms with Crippen molar-refractivity contribution in [2.75, 3.05) is 13.2 Å². The first-order valence-corrected chi connectivity index (χ1v) is 8.22. The van der Waals surface area contributed by atoms with Gasteiger partial charge in [0.15, 0.2) is 0 Å². The highest BCUT2D eigenvalue weighted by molar-refractivity contribution is 5.38. The standard InChI is InChI=1S/C21H20O2/c1-3-11-22-20-16-7-5-6-8-17(16)21(23-12-4-2)19-15-10-9-14(13-15)18(19)20/h1-2,5-10,14-15,18-21H,11-13H2/t14-,15+,18-,19+,20+,21-. The van der Waals surface area contributed by atoms with E-state index in [-0.39, 0.29) is 12.2 Å². The zero-order valence-corrected chi connectivity index (χ0v) is 13.0. The molecule has 1 aromatic carbocycles. The van der Waals surface area contributed by atoms with Crippen molar-refractivity contribution >= 4 is 0 Å². The van der Waals surface area contributed by atoms with Crippen molar-refractivity contribution in [3.63, 3.8) is 0 Å². The topological polar surface area (TPSA) is 18.5 Å². The van der Waals surface area contributed by atoms with Crippen LogP contribution in [0.25, 0.3) is 0 Å². The van der Waals surface area contributed by atoms with Crippen LogP contribution in [0.5, 0.6) is 0 Å². The van der Waals surface area contributed by atoms with Gasteiger partial charge in [-0.2, -0.15) is 0 Å². The molecule has 0 amide bonds. The second-order valence-electron chi connectivity index (χ2n) is 6.60. The number of benzene rings is 1. The quantitative estimate of drug-likeness (QED) is 0.626. The largest absolute Gasteiger partial charge is 0.361 e. The van der Waals surface area contributed by atoms with Crippen LogP contribution in [0.4, 0.5) is 0 Å². The molecule has 6 atom stereocenters. The maximum absolute atomic E-state index is 6.11. The third-order valence-corrected chi connectivity index (χ3v) is 5.58. The van der Waals surface area contributed by atoms with Gasteiger partial charge in [-0.1, -0.05) is 48.3 Å². The smallest absolute Gasteiger partial charge is 0.108 e. The fourth-order valence-corrected chi connectivity index (χ4v) is 4.87. The van der Waals surface area contributed by atoms with E-state index in [0.717, 1.165) is 0 Å². The number of terminal acetylenes is 2. The van der Waals surface area contributed by atoms with Crippen LogP contribution in [0.2, 0.25) is 0 Å². The van der Waals surface area contributed by atoms with E-state index >= 15 is 0 Å². The molecule has 2 bridgehead atoms. The molecule has 0 saturated heterocycles. The van der Waals surface area contributed by atoms with E-state index in [0.29, 0.717) is 36.9 Å². The average molecular weight is 304 g/mol. The van der Waals surface area contributed by atoms with Crippen molar-refractivity contribution in [1.29, 1.82) is 0 Å². The number of allylic oxidation sites excluding steroid dienone is 2. The van der Waals surface area contributed by atoms with Crippen molar-refractivity contribution in [2.45, 2.75) is 18.6 Å². The molecule has 0 aromatic heterocycles. The Kier molecular flexibility index (Phi) is 3.74. The van der Waals surface area contributed by atoms with Crippen molar-refractivity contribution < 1.29 is 9.47 Å². The summed E-state index contributed by atoms with van der Waals surface area (Å²) in [6, 6.07) is 8.42. The molecule has 0 radical (unpaired) electrons. The summed E-state index contributed by atoms with van der Waals surface area (Å²) in [4.78, 5) is 0. The van der Waals surface area contributed by atoms with Crippen LogP contribution in [-0.4, -0.2) is 13.2 Å². The van der Waals surface area contributed by atoms with Gasteiger partial charge < -0.3 is 9.47 Å². The van der Waals surface area contributed by atoms with Gasteiger partial charge in [0.1, 0.15) is 13.2 Å². The Labute approximate surface area is 137 Å². The van der Waals surface area contributed by atoms with Gasteiger partial charge in [0.05, 0.1) is 12.2 Å². The van der Waals surface area contributed by atoms with Gasteiger partial charge in [0.2, 0.25) is 0 Å². The van der Waals surface area contributed by atoms with Crippen LogP contribution in [0.1, 0.15) is 29.8 Å². The lowest BCUT2D eigenvalue weighted by Crippen LogP contribution is -2.38. The summed E-state index contributed by atoms with van der Waals surface area (Å²) in [5.41, 5.74) is 2.43. The number of hydrogen-bond donors (Lipinski definition) is 0. The Bertz CT molecular complexity index is 646. The Morgan fingerprint density at radius 1 is 0.870 bits per heavy atom. The zero-order valence-electron chi connectivity index (χ0n) is 13.0. The molecule has 2 heteroatoms. The van der Waals surface area contributed by atoms with E-state index in [4.69, 9.17) is 22.3 Å². The lowest BCUT2D eigenvalue weighted by atomic mass is 9.67. The van der Waals surface area contributed by atoms with Gasteiger partial charge >= 0.3 is 0 Å². The predicted molar refractivity (Wildman–Crippen MR) is 89.2 cm³/mol. The van der Waals surface area contributed by atoms with E-state index < -0.39 is 0 Å². The van der Waals surface area contributed by atoms with Crippen LogP contribution in [0.15, 0.2) is 36.4 Å². The number of ether oxygens (including phenoxy) is 2. The highest BCUT2D eigenvalue weighted by atomic mass is 16.5. The van der Waals surface area contributed by atoms with Crippen molar-refractivity contribution in [3.8, 4) is 24.7 Å². The highest BCUT2D eigenvalue weighted by Gasteiger charge is 2.55. The first kappa shape index (κ1) is 14.6. The normalized spacial score (nSPS) is 36.1. The molecule has 2 nitrogen and oxygen atoms in total. The molecule has 116 valence electrons. The molecule has 0 unspecified atom stereocenters. The molecule has 23 heavy (non-hydrogen) atoms. The van der Waals surface area contributed by atoms with Crippen molar-refractivity contribution in [1.82, 2.24) is 0 Å². The molecule has 3 aliphatic carbocycles. The summed E-state index contributed by atoms with van der Waals surface area (Å²) in [5.74, 6) is 7.20. The monoisotopic (exact) mass is 304 g/mol. The third kappa shape index (κ3) is 2.22. The molecule has 4 rings (SSSR count). The summed E-state index contributed by atoms with van der Waals surface area (Å²) < 4.78 is 12.2. The van der Waals surface area contributed by atoms with Gasteiger partial charge in [0.25, 0.3) is 0 Å². The molecule has 0 heterocycles. The summed E-state index contributed by atoms with van der Waals surface area (Å²) in [6.07, 6.45) is 16.9. The SMILES string of the molecule is C#CCO[C@@H]1c2ccccc2[C@H](OCC#C)[C@H]2[C@@H]1[C@H]1C=C[C@@H]2C1. The van der Waals surface area contributed by atoms with Crippen molar-refractivity contribution in [3.05, 3.63) is 47.5 Å². The summed E-state index contributed by atoms with van der Waals surface area (Å²) >= 11 is 0. The second-order valence-corrected chi connectivity index (χ2v) is 6.60. The Morgan fingerprint density at radius 2 is 1.35 bits per heavy atom. The number of fused-ring (bicyclic) bond motifs is 6. The fraction of sp³-hybridized carbons (Fsp3) is 0.429. The first-order chi connectivity index (χ1) is 11.3. The Morgan fingerprint density at radius 3 is 1.78 bits per heavy atom. The second kappa shape index (κ2) is 5.89. The van der Waals surface area contributed by atoms with Gasteiger partial charge in [-0.25, -0.2) is 0 Å². The van der Waals surface area contributed by atoms with Crippen LogP contribution < -0.4 is 0 Å². The molecule has 3 aliphatic rings. The maximum atomic E-state index is 6.11. The molecule has 0 aliphatic heterocycles. The molecule has 1 aromatic rings. The van der Waals surface area contributed by atoms with Gasteiger partial charge in [-0.15, -0.1) is 12.8 Å². The molecular weight excluding hydrogens is 284 g/mol. The summed E-state index contributed by atoms with van der Waals surface area (Å²) in [6.45, 7) is 0.693. The third-order valence-electron chi connectivity index (χ3n) is 5.58. The molecule has 1 saturated carbocycles. The minimum atomic E-state index is 0.0536. The average Bonchev–Trinajstić information content (AvgIpc) is 3.20. The van der Waals surface area contributed by atoms with E-state index in [1.165, 1.54) is 17.5 Å². The highest BCUT2D eigenvalue weighted by Crippen LogP contribution is 2.61. The number of rotatable bonds is 4. The van der Waals surface area contributed by atoms with Crippen LogP contribution >= 0.6 is 0 Å². The van der Waals surface area contributed by atoms with Crippen molar-refractivity contribution in [2.24, 2.45) is 23.7 Å². The lowest BCUT2D eigenvalue weighted by molar-refractivity contribution is -0.0711. The van der Waals surface area contributed by atoms with Crippen LogP contribution in [-0.2, 0) is 9.47 Å².